The fraction of sp³-hybridized carbons (Fsp3) is 0.562. The molecule has 0 bridgehead atoms. The molecule has 0 saturated carbocycles. The molecule has 1 heterocycles. The van der Waals surface area contributed by atoms with Crippen LogP contribution in [0.3, 0.4) is 0 Å². The van der Waals surface area contributed by atoms with Crippen molar-refractivity contribution in [1.29, 1.82) is 0 Å². The molecule has 1 amide bonds. The molecule has 7 heteroatoms. The lowest BCUT2D eigenvalue weighted by molar-refractivity contribution is -0.129. The molecule has 1 aliphatic heterocycles. The van der Waals surface area contributed by atoms with Crippen molar-refractivity contribution < 1.29 is 13.2 Å². The molecule has 0 N–H and O–H groups in total. The van der Waals surface area contributed by atoms with Gasteiger partial charge in [-0.2, -0.15) is 4.31 Å². The molecule has 23 heavy (non-hydrogen) atoms. The Morgan fingerprint density at radius 3 is 2.26 bits per heavy atom. The molecular formula is C16H25N3O3S. The molecular weight excluding hydrogens is 314 g/mol. The summed E-state index contributed by atoms with van der Waals surface area (Å²) in [5, 5.41) is 0. The van der Waals surface area contributed by atoms with Crippen LogP contribution in [0.5, 0.6) is 0 Å². The van der Waals surface area contributed by atoms with Gasteiger partial charge in [0.15, 0.2) is 0 Å². The molecule has 0 spiro atoms. The highest BCUT2D eigenvalue weighted by Crippen LogP contribution is 2.13. The van der Waals surface area contributed by atoms with Crippen molar-refractivity contribution in [3.63, 3.8) is 0 Å². The Labute approximate surface area is 138 Å². The van der Waals surface area contributed by atoms with Crippen molar-refractivity contribution >= 4 is 15.9 Å². The van der Waals surface area contributed by atoms with E-state index in [-0.39, 0.29) is 11.7 Å². The number of nitrogens with zero attached hydrogens (tertiary/aromatic N) is 3. The van der Waals surface area contributed by atoms with Gasteiger partial charge in [0, 0.05) is 53.2 Å². The average molecular weight is 339 g/mol. The van der Waals surface area contributed by atoms with Crippen molar-refractivity contribution in [1.82, 2.24) is 14.1 Å². The quantitative estimate of drug-likeness (QED) is 0.762. The average Bonchev–Trinajstić information content (AvgIpc) is 2.53. The van der Waals surface area contributed by atoms with Crippen LogP contribution >= 0.6 is 0 Å². The van der Waals surface area contributed by atoms with E-state index >= 15 is 0 Å². The Morgan fingerprint density at radius 1 is 1.09 bits per heavy atom. The normalized spacial score (nSPS) is 17.1. The number of carbonyl (C=O) groups excluding carboxylic acids is 1. The van der Waals surface area contributed by atoms with Crippen molar-refractivity contribution in [2.24, 2.45) is 0 Å². The van der Waals surface area contributed by atoms with E-state index in [0.717, 1.165) is 5.56 Å². The number of amides is 1. The largest absolute Gasteiger partial charge is 0.349 e. The van der Waals surface area contributed by atoms with Gasteiger partial charge in [0.2, 0.25) is 15.9 Å². The molecule has 1 saturated heterocycles. The van der Waals surface area contributed by atoms with Gasteiger partial charge in [0.25, 0.3) is 0 Å². The summed E-state index contributed by atoms with van der Waals surface area (Å²) < 4.78 is 26.5. The number of benzene rings is 1. The van der Waals surface area contributed by atoms with Crippen LogP contribution in [-0.2, 0) is 20.6 Å². The SMILES string of the molecule is CN(C)C(=O)CCN1CCN(S(=O)(=O)Cc2ccccc2)CC1. The van der Waals surface area contributed by atoms with Crippen LogP contribution in [-0.4, -0.2) is 75.2 Å². The van der Waals surface area contributed by atoms with Crippen LogP contribution < -0.4 is 0 Å². The molecule has 0 aliphatic carbocycles. The van der Waals surface area contributed by atoms with Gasteiger partial charge in [-0.3, -0.25) is 4.79 Å². The van der Waals surface area contributed by atoms with E-state index in [1.807, 2.05) is 30.3 Å². The van der Waals surface area contributed by atoms with Gasteiger partial charge in [-0.15, -0.1) is 0 Å². The minimum absolute atomic E-state index is 0.0486. The Morgan fingerprint density at radius 2 is 1.70 bits per heavy atom. The first-order chi connectivity index (χ1) is 10.9. The summed E-state index contributed by atoms with van der Waals surface area (Å²) in [6, 6.07) is 9.25. The van der Waals surface area contributed by atoms with E-state index in [4.69, 9.17) is 0 Å². The lowest BCUT2D eigenvalue weighted by Gasteiger charge is -2.34. The second kappa shape index (κ2) is 7.90. The van der Waals surface area contributed by atoms with E-state index in [1.54, 1.807) is 23.3 Å². The van der Waals surface area contributed by atoms with Crippen molar-refractivity contribution in [3.05, 3.63) is 35.9 Å². The van der Waals surface area contributed by atoms with Crippen LogP contribution in [0.2, 0.25) is 0 Å². The first kappa shape index (κ1) is 17.9. The first-order valence-corrected chi connectivity index (χ1v) is 9.43. The molecule has 0 aromatic heterocycles. The summed E-state index contributed by atoms with van der Waals surface area (Å²) in [5.74, 6) is 0.150. The molecule has 1 aromatic carbocycles. The second-order valence-corrected chi connectivity index (χ2v) is 7.99. The maximum absolute atomic E-state index is 12.5. The topological polar surface area (TPSA) is 60.9 Å². The van der Waals surface area contributed by atoms with Gasteiger partial charge in [-0.25, -0.2) is 8.42 Å². The number of rotatable bonds is 6. The predicted octanol–water partition coefficient (Wildman–Crippen LogP) is 0.612. The van der Waals surface area contributed by atoms with Crippen molar-refractivity contribution in [2.45, 2.75) is 12.2 Å². The van der Waals surface area contributed by atoms with E-state index < -0.39 is 10.0 Å². The molecule has 0 atom stereocenters. The third-order valence-corrected chi connectivity index (χ3v) is 5.91. The van der Waals surface area contributed by atoms with Crippen LogP contribution in [0.1, 0.15) is 12.0 Å². The molecule has 1 aliphatic rings. The highest BCUT2D eigenvalue weighted by Gasteiger charge is 2.27. The zero-order valence-electron chi connectivity index (χ0n) is 13.8. The van der Waals surface area contributed by atoms with Crippen LogP contribution in [0, 0.1) is 0 Å². The van der Waals surface area contributed by atoms with Crippen molar-refractivity contribution in [2.75, 3.05) is 46.8 Å². The van der Waals surface area contributed by atoms with Gasteiger partial charge in [-0.1, -0.05) is 30.3 Å². The van der Waals surface area contributed by atoms with Crippen molar-refractivity contribution in [3.8, 4) is 0 Å². The highest BCUT2D eigenvalue weighted by atomic mass is 32.2. The van der Waals surface area contributed by atoms with Crippen LogP contribution in [0.4, 0.5) is 0 Å². The van der Waals surface area contributed by atoms with Gasteiger partial charge in [0.1, 0.15) is 0 Å². The number of sulfonamides is 1. The molecule has 0 radical (unpaired) electrons. The van der Waals surface area contributed by atoms with E-state index in [0.29, 0.717) is 39.1 Å². The fourth-order valence-electron chi connectivity index (χ4n) is 2.58. The Balaban J connectivity index is 1.82. The summed E-state index contributed by atoms with van der Waals surface area (Å²) in [4.78, 5) is 15.3. The number of hydrogen-bond acceptors (Lipinski definition) is 4. The Kier molecular flexibility index (Phi) is 6.15. The van der Waals surface area contributed by atoms with E-state index in [9.17, 15) is 13.2 Å². The Bertz CT molecular complexity index is 609. The van der Waals surface area contributed by atoms with Crippen LogP contribution in [0.25, 0.3) is 0 Å². The third kappa shape index (κ3) is 5.30. The number of hydrogen-bond donors (Lipinski definition) is 0. The lowest BCUT2D eigenvalue weighted by Crippen LogP contribution is -2.49. The number of carbonyl (C=O) groups is 1. The second-order valence-electron chi connectivity index (χ2n) is 6.02. The van der Waals surface area contributed by atoms with Gasteiger partial charge >= 0.3 is 0 Å². The predicted molar refractivity (Wildman–Crippen MR) is 90.4 cm³/mol. The summed E-state index contributed by atoms with van der Waals surface area (Å²) >= 11 is 0. The fourth-order valence-corrected chi connectivity index (χ4v) is 4.10. The molecule has 0 unspecified atom stereocenters. The summed E-state index contributed by atoms with van der Waals surface area (Å²) in [6.45, 7) is 3.02. The maximum atomic E-state index is 12.5. The Hall–Kier alpha value is -1.44. The van der Waals surface area contributed by atoms with Gasteiger partial charge in [0.05, 0.1) is 5.75 Å². The third-order valence-electron chi connectivity index (χ3n) is 4.06. The van der Waals surface area contributed by atoms with E-state index in [1.165, 1.54) is 0 Å². The molecule has 128 valence electrons. The number of piperazine rings is 1. The zero-order chi connectivity index (χ0) is 16.9. The maximum Gasteiger partial charge on any atom is 0.223 e. The standard InChI is InChI=1S/C16H25N3O3S/c1-17(2)16(20)8-9-18-10-12-19(13-11-18)23(21,22)14-15-6-4-3-5-7-15/h3-7H,8-14H2,1-2H3. The molecule has 6 nitrogen and oxygen atoms in total. The van der Waals surface area contributed by atoms with Gasteiger partial charge in [-0.05, 0) is 5.56 Å². The molecule has 2 rings (SSSR count). The molecule has 1 aromatic rings. The van der Waals surface area contributed by atoms with E-state index in [2.05, 4.69) is 4.90 Å². The monoisotopic (exact) mass is 339 g/mol. The summed E-state index contributed by atoms with van der Waals surface area (Å²) in [7, 11) is 0.220. The zero-order valence-corrected chi connectivity index (χ0v) is 14.6. The smallest absolute Gasteiger partial charge is 0.223 e. The highest BCUT2D eigenvalue weighted by molar-refractivity contribution is 7.88. The van der Waals surface area contributed by atoms with Crippen LogP contribution in [0.15, 0.2) is 30.3 Å². The minimum Gasteiger partial charge on any atom is -0.349 e. The lowest BCUT2D eigenvalue weighted by atomic mass is 10.2. The molecule has 1 fully saturated rings. The summed E-state index contributed by atoms with van der Waals surface area (Å²) in [5.41, 5.74) is 0.812. The first-order valence-electron chi connectivity index (χ1n) is 7.83. The van der Waals surface area contributed by atoms with Gasteiger partial charge < -0.3 is 9.80 Å². The minimum atomic E-state index is -3.27. The summed E-state index contributed by atoms with van der Waals surface area (Å²) in [6.07, 6.45) is 0.476.